The summed E-state index contributed by atoms with van der Waals surface area (Å²) in [6.07, 6.45) is 1.38. The van der Waals surface area contributed by atoms with Crippen LogP contribution in [0.2, 0.25) is 0 Å². The fourth-order valence-corrected chi connectivity index (χ4v) is 0.735. The second-order valence-electron chi connectivity index (χ2n) is 2.35. The van der Waals surface area contributed by atoms with E-state index in [1.54, 1.807) is 19.0 Å². The first-order valence-electron chi connectivity index (χ1n) is 3.10. The molecule has 1 rings (SSSR count). The van der Waals surface area contributed by atoms with E-state index in [2.05, 4.69) is 9.97 Å². The molecule has 1 aromatic rings. The van der Waals surface area contributed by atoms with Gasteiger partial charge in [-0.3, -0.25) is 9.78 Å². The van der Waals surface area contributed by atoms with Crippen LogP contribution in [0.1, 0.15) is 0 Å². The molecule has 0 saturated heterocycles. The van der Waals surface area contributed by atoms with Gasteiger partial charge in [-0.15, -0.1) is 0 Å². The van der Waals surface area contributed by atoms with E-state index < -0.39 is 5.69 Å². The van der Waals surface area contributed by atoms with E-state index in [1.165, 1.54) is 6.20 Å². The first-order valence-corrected chi connectivity index (χ1v) is 3.10. The van der Waals surface area contributed by atoms with Gasteiger partial charge in [-0.1, -0.05) is 0 Å². The van der Waals surface area contributed by atoms with Crippen molar-refractivity contribution in [1.29, 1.82) is 0 Å². The SMILES string of the molecule is CN(C)[13c]1[13cH][15nH][13c](=O)[15nH][13c]1=O. The molecule has 1 heterocycles. The maximum absolute atomic E-state index is 11.0. The van der Waals surface area contributed by atoms with Gasteiger partial charge in [0.05, 0.1) is 0 Å². The molecule has 11 heavy (non-hydrogen) atoms. The molecular weight excluding hydrogens is 152 g/mol. The second kappa shape index (κ2) is 2.61. The highest BCUT2D eigenvalue weighted by Gasteiger charge is 1.99. The Kier molecular flexibility index (Phi) is 1.80. The van der Waals surface area contributed by atoms with Gasteiger partial charge in [-0.25, -0.2) is 4.79 Å². The number of nitrogens with one attached hydrogen (secondary N) is 2. The van der Waals surface area contributed by atoms with Gasteiger partial charge in [0.1, 0.15) is 5.69 Å². The molecule has 5 nitrogen and oxygen atoms in total. The molecule has 0 bridgehead atoms. The lowest BCUT2D eigenvalue weighted by atomic mass is 11.1. The van der Waals surface area contributed by atoms with Crippen LogP contribution in [-0.4, -0.2) is 24.1 Å². The molecule has 0 radical (unpaired) electrons. The molecule has 0 aliphatic heterocycles. The second-order valence-corrected chi connectivity index (χ2v) is 2.35. The molecule has 60 valence electrons. The lowest BCUT2D eigenvalue weighted by molar-refractivity contribution is 0.991. The number of rotatable bonds is 1. The lowest BCUT2D eigenvalue weighted by Crippen LogP contribution is -2.27. The topological polar surface area (TPSA) is 69.0 Å². The van der Waals surface area contributed by atoms with Crippen molar-refractivity contribution in [3.8, 4) is 0 Å². The van der Waals surface area contributed by atoms with Crippen LogP contribution in [0.5, 0.6) is 0 Å². The zero-order chi connectivity index (χ0) is 8.43. The van der Waals surface area contributed by atoms with Gasteiger partial charge < -0.3 is 9.88 Å². The molecule has 0 amide bonds. The van der Waals surface area contributed by atoms with E-state index in [0.717, 1.165) is 0 Å². The number of hydrogen-bond acceptors (Lipinski definition) is 3. The van der Waals surface area contributed by atoms with Gasteiger partial charge >= 0.3 is 5.69 Å². The summed E-state index contributed by atoms with van der Waals surface area (Å²) < 4.78 is 0. The van der Waals surface area contributed by atoms with Crippen LogP contribution in [0.25, 0.3) is 0 Å². The molecule has 0 aliphatic carbocycles. The van der Waals surface area contributed by atoms with Crippen LogP contribution in [0.15, 0.2) is 15.8 Å². The predicted octanol–water partition coefficient (Wildman–Crippen LogP) is -0.871. The third kappa shape index (κ3) is 1.49. The number of H-pyrrole nitrogens is 2. The fraction of sp³-hybridized carbons (Fsp3) is 0.333. The molecule has 0 atom stereocenters. The van der Waals surface area contributed by atoms with Crippen molar-refractivity contribution in [3.63, 3.8) is 0 Å². The number of anilines is 1. The zero-order valence-electron chi connectivity index (χ0n) is 6.34. The van der Waals surface area contributed by atoms with Crippen molar-refractivity contribution in [3.05, 3.63) is 27.0 Å². The van der Waals surface area contributed by atoms with Crippen molar-refractivity contribution in [2.75, 3.05) is 19.0 Å². The molecule has 1 aromatic heterocycles. The Morgan fingerprint density at radius 2 is 2.00 bits per heavy atom. The molecule has 0 spiro atoms. The van der Waals surface area contributed by atoms with Gasteiger partial charge in [0.2, 0.25) is 0 Å². The molecular formula is C6H9N3O2. The van der Waals surface area contributed by atoms with Crippen LogP contribution in [0, 0.1) is 0 Å². The summed E-state index contributed by atoms with van der Waals surface area (Å²) in [5.74, 6) is 0. The number of aromatic nitrogens is 2. The summed E-state index contributed by atoms with van der Waals surface area (Å²) in [7, 11) is 3.45. The Balaban J connectivity index is 3.32. The van der Waals surface area contributed by atoms with Crippen LogP contribution in [0.4, 0.5) is 5.69 Å². The normalized spacial score (nSPS) is 9.64. The highest BCUT2D eigenvalue weighted by Crippen LogP contribution is 1.95. The van der Waals surface area contributed by atoms with Crippen LogP contribution in [-0.2, 0) is 0 Å². The minimum absolute atomic E-state index is 0.376. The number of hydrogen-bond donors (Lipinski definition) is 2. The Bertz CT molecular complexity index is 349. The summed E-state index contributed by atoms with van der Waals surface area (Å²) in [6.45, 7) is 0. The van der Waals surface area contributed by atoms with Gasteiger partial charge in [0, 0.05) is 20.3 Å². The summed E-state index contributed by atoms with van der Waals surface area (Å²) in [5, 5.41) is 0. The number of aromatic amines is 2. The van der Waals surface area contributed by atoms with Crippen molar-refractivity contribution in [2.45, 2.75) is 0 Å². The largest absolute Gasteiger partial charge is 0.372 e. The molecule has 5 heteroatoms. The maximum Gasteiger partial charge on any atom is 0.325 e. The van der Waals surface area contributed by atoms with Crippen molar-refractivity contribution < 1.29 is 0 Å². The van der Waals surface area contributed by atoms with E-state index >= 15 is 0 Å². The van der Waals surface area contributed by atoms with E-state index in [1.807, 2.05) is 0 Å². The average molecular weight is 161 g/mol. The fourth-order valence-electron chi connectivity index (χ4n) is 0.735. The Morgan fingerprint density at radius 3 is 2.45 bits per heavy atom. The molecule has 0 aromatic carbocycles. The average Bonchev–Trinajstić information content (AvgIpc) is 1.85. The molecule has 2 N–H and O–H groups in total. The maximum atomic E-state index is 11.0. The first kappa shape index (κ1) is 7.59. The summed E-state index contributed by atoms with van der Waals surface area (Å²) in [5.41, 5.74) is -0.427. The number of nitrogens with zero attached hydrogens (tertiary/aromatic N) is 1. The van der Waals surface area contributed by atoms with Crippen LogP contribution >= 0.6 is 0 Å². The summed E-state index contributed by atoms with van der Waals surface area (Å²) in [6, 6.07) is 0. The quantitative estimate of drug-likeness (QED) is 0.562. The predicted molar refractivity (Wildman–Crippen MR) is 42.0 cm³/mol. The van der Waals surface area contributed by atoms with Crippen molar-refractivity contribution in [2.24, 2.45) is 0 Å². The monoisotopic (exact) mass is 161 g/mol. The summed E-state index contributed by atoms with van der Waals surface area (Å²) in [4.78, 5) is 27.6. The smallest absolute Gasteiger partial charge is 0.325 e. The highest BCUT2D eigenvalue weighted by atomic mass is 16.3. The highest BCUT2D eigenvalue weighted by molar-refractivity contribution is 5.38. The van der Waals surface area contributed by atoms with Crippen molar-refractivity contribution >= 4 is 5.69 Å². The standard InChI is InChI=1S/C6H9N3O2/c1-9(2)4-3-7-6(11)8-5(4)10/h3H,1-2H3,(H2,7,8,10,11)/i3+1,4+1,5+1,6+1,7+1,8+1. The third-order valence-electron chi connectivity index (χ3n) is 1.28. The van der Waals surface area contributed by atoms with Crippen molar-refractivity contribution in [1.82, 2.24) is 9.97 Å². The van der Waals surface area contributed by atoms with Crippen LogP contribution in [0.3, 0.4) is 0 Å². The molecule has 0 saturated carbocycles. The zero-order valence-corrected chi connectivity index (χ0v) is 6.34. The Morgan fingerprint density at radius 1 is 1.36 bits per heavy atom. The van der Waals surface area contributed by atoms with Gasteiger partial charge in [0.15, 0.2) is 0 Å². The van der Waals surface area contributed by atoms with Crippen LogP contribution < -0.4 is 16.1 Å². The van der Waals surface area contributed by atoms with E-state index in [4.69, 9.17) is 0 Å². The third-order valence-corrected chi connectivity index (χ3v) is 1.28. The minimum Gasteiger partial charge on any atom is -0.372 e. The van der Waals surface area contributed by atoms with E-state index in [9.17, 15) is 9.59 Å². The Labute approximate surface area is 62.7 Å². The summed E-state index contributed by atoms with van der Waals surface area (Å²) >= 11 is 0. The molecule has 0 aliphatic rings. The van der Waals surface area contributed by atoms with Gasteiger partial charge in [-0.05, 0) is 0 Å². The van der Waals surface area contributed by atoms with E-state index in [0.29, 0.717) is 5.69 Å². The lowest BCUT2D eigenvalue weighted by Gasteiger charge is -2.08. The Hall–Kier alpha value is -1.52. The van der Waals surface area contributed by atoms with Gasteiger partial charge in [0.25, 0.3) is 5.56 Å². The minimum atomic E-state index is -0.486. The molecule has 0 fully saturated rings. The van der Waals surface area contributed by atoms with Gasteiger partial charge in [-0.2, -0.15) is 0 Å². The van der Waals surface area contributed by atoms with E-state index in [-0.39, 0.29) is 5.56 Å². The molecule has 0 unspecified atom stereocenters. The first-order chi connectivity index (χ1) is 5.11.